The summed E-state index contributed by atoms with van der Waals surface area (Å²) in [6.07, 6.45) is 0. The number of rotatable bonds is 7. The largest absolute Gasteiger partial charge is 0.487 e. The standard InChI is InChI=1S/C18H17FN2O4/c19-15-4-1-12(2-5-15)11-25-17-6-3-13(7-16(17)20-24)8-21-9-14(10-21)18(22)23/h1-7,14H,8-11H2,(H,22,23). The number of aliphatic carboxylic acids is 1. The first-order valence-electron chi connectivity index (χ1n) is 7.84. The van der Waals surface area contributed by atoms with E-state index in [1.165, 1.54) is 12.1 Å². The summed E-state index contributed by atoms with van der Waals surface area (Å²) in [5.41, 5.74) is 1.84. The molecule has 1 aliphatic heterocycles. The van der Waals surface area contributed by atoms with Crippen LogP contribution in [-0.4, -0.2) is 29.1 Å². The van der Waals surface area contributed by atoms with Crippen molar-refractivity contribution in [1.29, 1.82) is 0 Å². The Morgan fingerprint density at radius 1 is 1.20 bits per heavy atom. The van der Waals surface area contributed by atoms with Crippen LogP contribution < -0.4 is 4.74 Å². The van der Waals surface area contributed by atoms with Crippen molar-refractivity contribution in [1.82, 2.24) is 4.90 Å². The van der Waals surface area contributed by atoms with Crippen LogP contribution in [0.3, 0.4) is 0 Å². The van der Waals surface area contributed by atoms with E-state index in [-0.39, 0.29) is 24.0 Å². The number of carboxylic acid groups (broad SMARTS) is 1. The van der Waals surface area contributed by atoms with E-state index in [1.807, 2.05) is 11.0 Å². The minimum absolute atomic E-state index is 0.190. The Balaban J connectivity index is 1.60. The molecule has 1 aliphatic rings. The lowest BCUT2D eigenvalue weighted by atomic mass is 9.99. The van der Waals surface area contributed by atoms with Crippen LogP contribution >= 0.6 is 0 Å². The van der Waals surface area contributed by atoms with Gasteiger partial charge in [-0.1, -0.05) is 18.2 Å². The van der Waals surface area contributed by atoms with Gasteiger partial charge in [-0.3, -0.25) is 9.69 Å². The van der Waals surface area contributed by atoms with E-state index in [9.17, 15) is 14.1 Å². The third-order valence-corrected chi connectivity index (χ3v) is 4.14. The zero-order valence-electron chi connectivity index (χ0n) is 13.4. The van der Waals surface area contributed by atoms with Crippen LogP contribution in [0.2, 0.25) is 0 Å². The van der Waals surface area contributed by atoms with Gasteiger partial charge in [0.2, 0.25) is 0 Å². The third kappa shape index (κ3) is 4.19. The topological polar surface area (TPSA) is 79.2 Å². The molecule has 3 rings (SSSR count). The number of halogens is 1. The van der Waals surface area contributed by atoms with Crippen molar-refractivity contribution in [3.63, 3.8) is 0 Å². The molecule has 1 fully saturated rings. The average molecular weight is 344 g/mol. The van der Waals surface area contributed by atoms with Crippen LogP contribution in [0.15, 0.2) is 47.6 Å². The third-order valence-electron chi connectivity index (χ3n) is 4.14. The molecular formula is C18H17FN2O4. The summed E-state index contributed by atoms with van der Waals surface area (Å²) in [4.78, 5) is 23.9. The van der Waals surface area contributed by atoms with E-state index >= 15 is 0 Å². The first kappa shape index (κ1) is 17.0. The minimum atomic E-state index is -0.781. The van der Waals surface area contributed by atoms with Crippen molar-refractivity contribution in [2.75, 3.05) is 13.1 Å². The summed E-state index contributed by atoms with van der Waals surface area (Å²) in [6, 6.07) is 11.0. The fourth-order valence-corrected chi connectivity index (χ4v) is 2.71. The Morgan fingerprint density at radius 3 is 2.52 bits per heavy atom. The second-order valence-corrected chi connectivity index (χ2v) is 6.04. The summed E-state index contributed by atoms with van der Waals surface area (Å²) in [6.45, 7) is 1.77. The molecule has 0 aromatic heterocycles. The number of hydrogen-bond donors (Lipinski definition) is 1. The van der Waals surface area contributed by atoms with E-state index in [2.05, 4.69) is 5.18 Å². The van der Waals surface area contributed by atoms with E-state index in [0.717, 1.165) is 11.1 Å². The number of nitroso groups, excluding NO2 is 1. The molecule has 25 heavy (non-hydrogen) atoms. The number of carboxylic acids is 1. The lowest BCUT2D eigenvalue weighted by Gasteiger charge is -2.36. The maximum absolute atomic E-state index is 12.9. The predicted molar refractivity (Wildman–Crippen MR) is 89.0 cm³/mol. The molecule has 1 saturated heterocycles. The van der Waals surface area contributed by atoms with E-state index < -0.39 is 5.97 Å². The number of carbonyl (C=O) groups is 1. The van der Waals surface area contributed by atoms with Crippen molar-refractivity contribution in [3.8, 4) is 5.75 Å². The Labute approximate surface area is 143 Å². The summed E-state index contributed by atoms with van der Waals surface area (Å²) in [5.74, 6) is -1.06. The maximum Gasteiger partial charge on any atom is 0.309 e. The van der Waals surface area contributed by atoms with Gasteiger partial charge >= 0.3 is 5.97 Å². The Hall–Kier alpha value is -2.80. The zero-order chi connectivity index (χ0) is 17.8. The Morgan fingerprint density at radius 2 is 1.88 bits per heavy atom. The van der Waals surface area contributed by atoms with Gasteiger partial charge in [-0.25, -0.2) is 4.39 Å². The molecular weight excluding hydrogens is 327 g/mol. The summed E-state index contributed by atoms with van der Waals surface area (Å²) < 4.78 is 18.5. The molecule has 0 bridgehead atoms. The van der Waals surface area contributed by atoms with Gasteiger partial charge in [0.15, 0.2) is 0 Å². The van der Waals surface area contributed by atoms with Gasteiger partial charge in [-0.15, -0.1) is 4.91 Å². The maximum atomic E-state index is 12.9. The van der Waals surface area contributed by atoms with Gasteiger partial charge in [-0.2, -0.15) is 0 Å². The van der Waals surface area contributed by atoms with E-state index in [0.29, 0.717) is 25.4 Å². The van der Waals surface area contributed by atoms with Crippen molar-refractivity contribution in [2.24, 2.45) is 11.1 Å². The van der Waals surface area contributed by atoms with Gasteiger partial charge in [0, 0.05) is 19.6 Å². The molecule has 0 unspecified atom stereocenters. The van der Waals surface area contributed by atoms with Crippen molar-refractivity contribution in [2.45, 2.75) is 13.2 Å². The van der Waals surface area contributed by atoms with Gasteiger partial charge in [0.05, 0.1) is 5.92 Å². The first-order chi connectivity index (χ1) is 12.0. The Bertz CT molecular complexity index is 773. The van der Waals surface area contributed by atoms with Gasteiger partial charge < -0.3 is 9.84 Å². The summed E-state index contributed by atoms with van der Waals surface area (Å²) >= 11 is 0. The smallest absolute Gasteiger partial charge is 0.309 e. The number of nitrogens with zero attached hydrogens (tertiary/aromatic N) is 2. The molecule has 0 spiro atoms. The number of likely N-dealkylation sites (tertiary alicyclic amines) is 1. The highest BCUT2D eigenvalue weighted by Gasteiger charge is 2.32. The van der Waals surface area contributed by atoms with Gasteiger partial charge in [0.25, 0.3) is 0 Å². The van der Waals surface area contributed by atoms with Gasteiger partial charge in [0.1, 0.15) is 23.9 Å². The van der Waals surface area contributed by atoms with Gasteiger partial charge in [-0.05, 0) is 40.6 Å². The molecule has 0 saturated carbocycles. The molecule has 130 valence electrons. The normalized spacial score (nSPS) is 14.8. The van der Waals surface area contributed by atoms with Crippen LogP contribution in [0.5, 0.6) is 5.75 Å². The van der Waals surface area contributed by atoms with E-state index in [1.54, 1.807) is 24.3 Å². The monoisotopic (exact) mass is 344 g/mol. The highest BCUT2D eigenvalue weighted by molar-refractivity contribution is 5.71. The number of benzene rings is 2. The van der Waals surface area contributed by atoms with Crippen LogP contribution in [0.4, 0.5) is 10.1 Å². The van der Waals surface area contributed by atoms with Crippen LogP contribution in [0, 0.1) is 16.6 Å². The van der Waals surface area contributed by atoms with Crippen LogP contribution in [-0.2, 0) is 17.9 Å². The fourth-order valence-electron chi connectivity index (χ4n) is 2.71. The van der Waals surface area contributed by atoms with Crippen molar-refractivity contribution in [3.05, 3.63) is 64.3 Å². The quantitative estimate of drug-likeness (QED) is 0.780. The lowest BCUT2D eigenvalue weighted by molar-refractivity contribution is -0.147. The van der Waals surface area contributed by atoms with E-state index in [4.69, 9.17) is 9.84 Å². The van der Waals surface area contributed by atoms with Crippen LogP contribution in [0.1, 0.15) is 11.1 Å². The van der Waals surface area contributed by atoms with Crippen molar-refractivity contribution < 1.29 is 19.0 Å². The molecule has 2 aromatic rings. The molecule has 0 radical (unpaired) electrons. The first-order valence-corrected chi connectivity index (χ1v) is 7.84. The predicted octanol–water partition coefficient (Wildman–Crippen LogP) is 3.32. The molecule has 1 heterocycles. The highest BCUT2D eigenvalue weighted by Crippen LogP contribution is 2.30. The zero-order valence-corrected chi connectivity index (χ0v) is 13.4. The highest BCUT2D eigenvalue weighted by atomic mass is 19.1. The Kier molecular flexibility index (Phi) is 5.04. The lowest BCUT2D eigenvalue weighted by Crippen LogP contribution is -2.49. The molecule has 0 amide bonds. The molecule has 0 aliphatic carbocycles. The van der Waals surface area contributed by atoms with Crippen molar-refractivity contribution >= 4 is 11.7 Å². The second-order valence-electron chi connectivity index (χ2n) is 6.04. The summed E-state index contributed by atoms with van der Waals surface area (Å²) in [5, 5.41) is 11.9. The molecule has 7 heteroatoms. The molecule has 1 N–H and O–H groups in total. The molecule has 6 nitrogen and oxygen atoms in total. The number of ether oxygens (including phenoxy) is 1. The van der Waals surface area contributed by atoms with Crippen LogP contribution in [0.25, 0.3) is 0 Å². The fraction of sp³-hybridized carbons (Fsp3) is 0.278. The number of hydrogen-bond acceptors (Lipinski definition) is 5. The second kappa shape index (κ2) is 7.40. The SMILES string of the molecule is O=Nc1cc(CN2CC(C(=O)O)C2)ccc1OCc1ccc(F)cc1. The average Bonchev–Trinajstić information content (AvgIpc) is 2.57. The molecule has 0 atom stereocenters. The summed E-state index contributed by atoms with van der Waals surface area (Å²) in [7, 11) is 0. The minimum Gasteiger partial charge on any atom is -0.487 e. The molecule has 2 aromatic carbocycles.